The topological polar surface area (TPSA) is 59.4 Å². The lowest BCUT2D eigenvalue weighted by molar-refractivity contribution is 0.103. The smallest absolute Gasteiger partial charge is 0.322 e. The fraction of sp³-hybridized carbons (Fsp3) is 0.304. The number of fused-ring (bicyclic) bond motifs is 1. The normalized spacial score (nSPS) is 13.2. The van der Waals surface area contributed by atoms with Gasteiger partial charge in [-0.25, -0.2) is 4.79 Å². The van der Waals surface area contributed by atoms with E-state index in [2.05, 4.69) is 10.4 Å². The first kappa shape index (κ1) is 20.4. The van der Waals surface area contributed by atoms with Crippen LogP contribution in [0, 0.1) is 6.92 Å². The minimum atomic E-state index is -0.133. The van der Waals surface area contributed by atoms with E-state index in [0.29, 0.717) is 31.3 Å². The van der Waals surface area contributed by atoms with Crippen molar-refractivity contribution in [2.75, 3.05) is 11.9 Å². The molecule has 1 aliphatic rings. The predicted octanol–water partition coefficient (Wildman–Crippen LogP) is 4.69. The fourth-order valence-corrected chi connectivity index (χ4v) is 3.91. The number of nitrogens with one attached hydrogen (secondary N) is 1. The third-order valence-electron chi connectivity index (χ3n) is 5.47. The van der Waals surface area contributed by atoms with Crippen molar-refractivity contribution >= 4 is 23.3 Å². The molecule has 0 unspecified atom stereocenters. The number of ether oxygens (including phenoxy) is 1. The van der Waals surface area contributed by atoms with Crippen LogP contribution >= 0.6 is 11.6 Å². The highest BCUT2D eigenvalue weighted by Gasteiger charge is 2.27. The molecule has 2 amide bonds. The molecular formula is C23H25ClN4O2. The van der Waals surface area contributed by atoms with Gasteiger partial charge < -0.3 is 15.0 Å². The summed E-state index contributed by atoms with van der Waals surface area (Å²) >= 11 is 6.18. The Morgan fingerprint density at radius 3 is 2.77 bits per heavy atom. The van der Waals surface area contributed by atoms with Crippen LogP contribution in [0.1, 0.15) is 28.1 Å². The summed E-state index contributed by atoms with van der Waals surface area (Å²) < 4.78 is 7.81. The molecule has 0 saturated heterocycles. The number of aryl methyl sites for hydroxylation is 1. The van der Waals surface area contributed by atoms with Gasteiger partial charge in [0, 0.05) is 42.0 Å². The number of benzene rings is 2. The number of carbonyl (C=O) groups excluding carboxylic acids is 1. The first-order valence-electron chi connectivity index (χ1n) is 9.99. The summed E-state index contributed by atoms with van der Waals surface area (Å²) in [7, 11) is 1.95. The monoisotopic (exact) mass is 424 g/mol. The molecule has 0 aliphatic carbocycles. The maximum atomic E-state index is 12.9. The van der Waals surface area contributed by atoms with Crippen molar-refractivity contribution in [2.45, 2.75) is 33.1 Å². The molecule has 0 atom stereocenters. The number of aromatic nitrogens is 2. The predicted molar refractivity (Wildman–Crippen MR) is 117 cm³/mol. The molecule has 0 radical (unpaired) electrons. The van der Waals surface area contributed by atoms with Gasteiger partial charge >= 0.3 is 6.03 Å². The Balaban J connectivity index is 1.43. The van der Waals surface area contributed by atoms with Crippen molar-refractivity contribution in [3.63, 3.8) is 0 Å². The van der Waals surface area contributed by atoms with Gasteiger partial charge in [0.25, 0.3) is 0 Å². The van der Waals surface area contributed by atoms with Crippen LogP contribution in [-0.2, 0) is 38.0 Å². The number of urea groups is 1. The van der Waals surface area contributed by atoms with E-state index in [1.165, 1.54) is 0 Å². The van der Waals surface area contributed by atoms with Crippen molar-refractivity contribution in [1.82, 2.24) is 14.7 Å². The molecule has 0 bridgehead atoms. The van der Waals surface area contributed by atoms with Crippen LogP contribution in [0.15, 0.2) is 48.5 Å². The lowest BCUT2D eigenvalue weighted by atomic mass is 10.1. The number of anilines is 1. The minimum Gasteiger partial charge on any atom is -0.370 e. The molecule has 1 aromatic heterocycles. The van der Waals surface area contributed by atoms with Gasteiger partial charge in [-0.15, -0.1) is 0 Å². The highest BCUT2D eigenvalue weighted by molar-refractivity contribution is 6.31. The molecule has 4 rings (SSSR count). The van der Waals surface area contributed by atoms with Crippen molar-refractivity contribution < 1.29 is 9.53 Å². The van der Waals surface area contributed by atoms with Gasteiger partial charge in [-0.05, 0) is 30.2 Å². The second kappa shape index (κ2) is 8.90. The van der Waals surface area contributed by atoms with Gasteiger partial charge in [0.1, 0.15) is 0 Å². The molecule has 2 heterocycles. The van der Waals surface area contributed by atoms with Gasteiger partial charge in [0.2, 0.25) is 0 Å². The van der Waals surface area contributed by atoms with E-state index >= 15 is 0 Å². The molecule has 0 fully saturated rings. The quantitative estimate of drug-likeness (QED) is 0.646. The molecule has 2 aromatic carbocycles. The van der Waals surface area contributed by atoms with Gasteiger partial charge in [-0.3, -0.25) is 4.68 Å². The Bertz CT molecular complexity index is 1050. The summed E-state index contributed by atoms with van der Waals surface area (Å²) in [4.78, 5) is 14.7. The summed E-state index contributed by atoms with van der Waals surface area (Å²) in [6, 6.07) is 15.4. The van der Waals surface area contributed by atoms with Crippen molar-refractivity contribution in [2.24, 2.45) is 7.05 Å². The number of rotatable bonds is 5. The maximum Gasteiger partial charge on any atom is 0.322 e. The molecule has 30 heavy (non-hydrogen) atoms. The molecule has 0 spiro atoms. The molecule has 156 valence electrons. The van der Waals surface area contributed by atoms with Crippen LogP contribution < -0.4 is 5.32 Å². The second-order valence-electron chi connectivity index (χ2n) is 7.49. The summed E-state index contributed by atoms with van der Waals surface area (Å²) in [5.41, 5.74) is 5.85. The maximum absolute atomic E-state index is 12.9. The number of halogens is 1. The number of amides is 2. The molecule has 7 heteroatoms. The van der Waals surface area contributed by atoms with Crippen LogP contribution in [0.5, 0.6) is 0 Å². The summed E-state index contributed by atoms with van der Waals surface area (Å²) in [6.07, 6.45) is 0.763. The summed E-state index contributed by atoms with van der Waals surface area (Å²) in [5.74, 6) is 0. The zero-order chi connectivity index (χ0) is 21.1. The molecule has 1 aliphatic heterocycles. The minimum absolute atomic E-state index is 0.133. The van der Waals surface area contributed by atoms with Crippen molar-refractivity contribution in [1.29, 1.82) is 0 Å². The van der Waals surface area contributed by atoms with Crippen LogP contribution in [-0.4, -0.2) is 27.3 Å². The Kier molecular flexibility index (Phi) is 6.06. The van der Waals surface area contributed by atoms with Crippen molar-refractivity contribution in [3.05, 3.63) is 81.6 Å². The van der Waals surface area contributed by atoms with Crippen LogP contribution in [0.2, 0.25) is 5.02 Å². The Hall–Kier alpha value is -2.83. The van der Waals surface area contributed by atoms with Crippen LogP contribution in [0.25, 0.3) is 0 Å². The van der Waals surface area contributed by atoms with E-state index < -0.39 is 0 Å². The third kappa shape index (κ3) is 4.35. The molecular weight excluding hydrogens is 400 g/mol. The average molecular weight is 425 g/mol. The van der Waals surface area contributed by atoms with E-state index in [9.17, 15) is 4.79 Å². The first-order valence-corrected chi connectivity index (χ1v) is 10.4. The second-order valence-corrected chi connectivity index (χ2v) is 7.90. The lowest BCUT2D eigenvalue weighted by Gasteiger charge is -2.28. The Morgan fingerprint density at radius 2 is 1.97 bits per heavy atom. The number of hydrogen-bond donors (Lipinski definition) is 1. The Morgan fingerprint density at radius 1 is 1.17 bits per heavy atom. The third-order valence-corrected chi connectivity index (χ3v) is 5.88. The lowest BCUT2D eigenvalue weighted by Crippen LogP contribution is -2.39. The Labute approximate surface area is 181 Å². The first-order chi connectivity index (χ1) is 14.5. The van der Waals surface area contributed by atoms with Gasteiger partial charge in [-0.2, -0.15) is 5.10 Å². The number of hydrogen-bond acceptors (Lipinski definition) is 3. The largest absolute Gasteiger partial charge is 0.370 e. The van der Waals surface area contributed by atoms with Gasteiger partial charge in [0.05, 0.1) is 25.5 Å². The van der Waals surface area contributed by atoms with Crippen molar-refractivity contribution in [3.8, 4) is 0 Å². The van der Waals surface area contributed by atoms with E-state index in [0.717, 1.165) is 40.2 Å². The standard InChI is InChI=1S/C23H25ClN4O2/c1-16-19(24)9-6-10-20(16)25-23(29)28-12-11-22-18(13-28)21(26-27(22)2)15-30-14-17-7-4-3-5-8-17/h3-10H,11-15H2,1-2H3,(H,25,29). The SMILES string of the molecule is Cc1c(Cl)cccc1NC(=O)N1CCc2c(c(COCc3ccccc3)nn2C)C1. The number of nitrogens with zero attached hydrogens (tertiary/aromatic N) is 3. The summed E-state index contributed by atoms with van der Waals surface area (Å²) in [6.45, 7) is 4.00. The number of carbonyl (C=O) groups is 1. The van der Waals surface area contributed by atoms with Gasteiger partial charge in [0.15, 0.2) is 0 Å². The van der Waals surface area contributed by atoms with Crippen LogP contribution in [0.4, 0.5) is 10.5 Å². The highest BCUT2D eigenvalue weighted by Crippen LogP contribution is 2.26. The summed E-state index contributed by atoms with van der Waals surface area (Å²) in [5, 5.41) is 8.27. The zero-order valence-electron chi connectivity index (χ0n) is 17.2. The van der Waals surface area contributed by atoms with E-state index in [1.54, 1.807) is 0 Å². The molecule has 3 aromatic rings. The molecule has 0 saturated carbocycles. The van der Waals surface area contributed by atoms with E-state index in [1.807, 2.05) is 72.1 Å². The molecule has 6 nitrogen and oxygen atoms in total. The van der Waals surface area contributed by atoms with Crippen LogP contribution in [0.3, 0.4) is 0 Å². The average Bonchev–Trinajstić information content (AvgIpc) is 3.07. The highest BCUT2D eigenvalue weighted by atomic mass is 35.5. The van der Waals surface area contributed by atoms with E-state index in [-0.39, 0.29) is 6.03 Å². The molecule has 1 N–H and O–H groups in total. The van der Waals surface area contributed by atoms with E-state index in [4.69, 9.17) is 16.3 Å². The zero-order valence-corrected chi connectivity index (χ0v) is 17.9. The fourth-order valence-electron chi connectivity index (χ4n) is 3.74. The van der Waals surface area contributed by atoms with Gasteiger partial charge in [-0.1, -0.05) is 48.0 Å².